The topological polar surface area (TPSA) is 53.6 Å². The van der Waals surface area contributed by atoms with E-state index in [1.165, 1.54) is 12.1 Å². The number of urea groups is 1. The average Bonchev–Trinajstić information content (AvgIpc) is 2.64. The highest BCUT2D eigenvalue weighted by Gasteiger charge is 2.22. The molecule has 28 heavy (non-hydrogen) atoms. The molecule has 1 aliphatic heterocycles. The number of benzene rings is 2. The van der Waals surface area contributed by atoms with Crippen LogP contribution in [0.2, 0.25) is 0 Å². The number of halogens is 1. The van der Waals surface area contributed by atoms with Crippen LogP contribution in [-0.4, -0.2) is 42.8 Å². The summed E-state index contributed by atoms with van der Waals surface area (Å²) in [7, 11) is 0. The van der Waals surface area contributed by atoms with Crippen LogP contribution < -0.4 is 10.6 Å². The van der Waals surface area contributed by atoms with Crippen LogP contribution in [0.3, 0.4) is 0 Å². The number of hydrogen-bond donors (Lipinski definition) is 2. The van der Waals surface area contributed by atoms with Gasteiger partial charge in [0.05, 0.1) is 12.2 Å². The van der Waals surface area contributed by atoms with Gasteiger partial charge >= 0.3 is 6.03 Å². The van der Waals surface area contributed by atoms with Gasteiger partial charge in [-0.1, -0.05) is 30.3 Å². The van der Waals surface area contributed by atoms with Crippen molar-refractivity contribution < 1.29 is 13.9 Å². The zero-order valence-electron chi connectivity index (χ0n) is 16.5. The van der Waals surface area contributed by atoms with Gasteiger partial charge in [-0.2, -0.15) is 0 Å². The summed E-state index contributed by atoms with van der Waals surface area (Å²) in [5, 5.41) is 5.81. The lowest BCUT2D eigenvalue weighted by atomic mass is 10.1. The smallest absolute Gasteiger partial charge is 0.319 e. The number of morpholine rings is 1. The number of carbonyl (C=O) groups excluding carboxylic acids is 1. The molecule has 2 amide bonds. The first-order valence-corrected chi connectivity index (χ1v) is 9.74. The highest BCUT2D eigenvalue weighted by molar-refractivity contribution is 5.90. The molecule has 1 fully saturated rings. The van der Waals surface area contributed by atoms with Crippen molar-refractivity contribution in [1.82, 2.24) is 10.2 Å². The molecule has 0 aromatic heterocycles. The molecule has 0 spiro atoms. The Morgan fingerprint density at radius 1 is 1.11 bits per heavy atom. The number of hydrogen-bond acceptors (Lipinski definition) is 3. The molecule has 150 valence electrons. The molecular formula is C22H28FN3O2. The van der Waals surface area contributed by atoms with Crippen LogP contribution in [0.1, 0.15) is 25.0 Å². The van der Waals surface area contributed by atoms with E-state index in [1.54, 1.807) is 12.1 Å². The Morgan fingerprint density at radius 2 is 1.79 bits per heavy atom. The molecule has 1 saturated heterocycles. The highest BCUT2D eigenvalue weighted by atomic mass is 19.1. The van der Waals surface area contributed by atoms with E-state index < -0.39 is 0 Å². The van der Waals surface area contributed by atoms with E-state index in [9.17, 15) is 9.18 Å². The third kappa shape index (κ3) is 6.04. The number of anilines is 1. The van der Waals surface area contributed by atoms with E-state index in [-0.39, 0.29) is 24.1 Å². The summed E-state index contributed by atoms with van der Waals surface area (Å²) >= 11 is 0. The Hall–Kier alpha value is -2.44. The molecule has 2 aromatic rings. The van der Waals surface area contributed by atoms with Gasteiger partial charge in [-0.25, -0.2) is 9.18 Å². The maximum atomic E-state index is 12.9. The van der Waals surface area contributed by atoms with Crippen LogP contribution in [0, 0.1) is 5.82 Å². The van der Waals surface area contributed by atoms with Gasteiger partial charge in [0.1, 0.15) is 5.82 Å². The molecule has 0 aliphatic carbocycles. The lowest BCUT2D eigenvalue weighted by Crippen LogP contribution is -2.45. The molecule has 0 saturated carbocycles. The number of amides is 2. The van der Waals surface area contributed by atoms with Crippen LogP contribution >= 0.6 is 0 Å². The number of rotatable bonds is 6. The second kappa shape index (κ2) is 9.66. The molecule has 0 radical (unpaired) electrons. The molecule has 2 aromatic carbocycles. The molecule has 3 rings (SSSR count). The van der Waals surface area contributed by atoms with Gasteiger partial charge in [0.2, 0.25) is 0 Å². The van der Waals surface area contributed by atoms with E-state index in [2.05, 4.69) is 29.4 Å². The fraction of sp³-hybridized carbons (Fsp3) is 0.409. The summed E-state index contributed by atoms with van der Waals surface area (Å²) in [6, 6.07) is 13.9. The largest absolute Gasteiger partial charge is 0.373 e. The molecule has 2 unspecified atom stereocenters. The molecule has 0 bridgehead atoms. The Kier molecular flexibility index (Phi) is 7.01. The zero-order chi connectivity index (χ0) is 19.9. The summed E-state index contributed by atoms with van der Waals surface area (Å²) in [6.45, 7) is 7.18. The first-order valence-electron chi connectivity index (χ1n) is 9.74. The molecule has 5 nitrogen and oxygen atoms in total. The summed E-state index contributed by atoms with van der Waals surface area (Å²) in [6.07, 6.45) is 1.07. The zero-order valence-corrected chi connectivity index (χ0v) is 16.5. The number of nitrogens with zero attached hydrogens (tertiary/aromatic N) is 1. The van der Waals surface area contributed by atoms with Crippen LogP contribution in [0.5, 0.6) is 0 Å². The van der Waals surface area contributed by atoms with Crippen LogP contribution in [0.4, 0.5) is 14.9 Å². The Bertz CT molecular complexity index is 772. The van der Waals surface area contributed by atoms with Gasteiger partial charge in [0.25, 0.3) is 0 Å². The molecule has 1 heterocycles. The van der Waals surface area contributed by atoms with Crippen molar-refractivity contribution in [3.63, 3.8) is 0 Å². The SMILES string of the molecule is CC1CN(Cc2ccccc2NC(=O)NCCc2ccc(F)cc2)CC(C)O1. The predicted molar refractivity (Wildman–Crippen MR) is 109 cm³/mol. The van der Waals surface area contributed by atoms with Crippen LogP contribution in [0.25, 0.3) is 0 Å². The van der Waals surface area contributed by atoms with E-state index in [0.717, 1.165) is 36.4 Å². The van der Waals surface area contributed by atoms with Crippen LogP contribution in [-0.2, 0) is 17.7 Å². The summed E-state index contributed by atoms with van der Waals surface area (Å²) < 4.78 is 18.7. The van der Waals surface area contributed by atoms with E-state index in [0.29, 0.717) is 13.0 Å². The standard InChI is InChI=1S/C22H28FN3O2/c1-16-13-26(14-17(2)28-16)15-19-5-3-4-6-21(19)25-22(27)24-12-11-18-7-9-20(23)10-8-18/h3-10,16-17H,11-15H2,1-2H3,(H2,24,25,27). The van der Waals surface area contributed by atoms with Gasteiger partial charge in [-0.3, -0.25) is 4.90 Å². The average molecular weight is 385 g/mol. The number of carbonyl (C=O) groups is 1. The van der Waals surface area contributed by atoms with E-state index in [1.807, 2.05) is 24.3 Å². The minimum absolute atomic E-state index is 0.207. The van der Waals surface area contributed by atoms with Crippen molar-refractivity contribution in [2.75, 3.05) is 25.0 Å². The first-order chi connectivity index (χ1) is 13.5. The Balaban J connectivity index is 1.52. The fourth-order valence-corrected chi connectivity index (χ4v) is 3.57. The fourth-order valence-electron chi connectivity index (χ4n) is 3.57. The van der Waals surface area contributed by atoms with Crippen molar-refractivity contribution in [1.29, 1.82) is 0 Å². The summed E-state index contributed by atoms with van der Waals surface area (Å²) in [4.78, 5) is 14.6. The third-order valence-electron chi connectivity index (χ3n) is 4.77. The van der Waals surface area contributed by atoms with Gasteiger partial charge in [-0.15, -0.1) is 0 Å². The van der Waals surface area contributed by atoms with Gasteiger partial charge in [0, 0.05) is 31.9 Å². The molecule has 6 heteroatoms. The van der Waals surface area contributed by atoms with Crippen molar-refractivity contribution in [2.45, 2.75) is 39.0 Å². The van der Waals surface area contributed by atoms with Gasteiger partial charge in [0.15, 0.2) is 0 Å². The predicted octanol–water partition coefficient (Wildman–Crippen LogP) is 3.80. The monoisotopic (exact) mass is 385 g/mol. The molecule has 2 N–H and O–H groups in total. The highest BCUT2D eigenvalue weighted by Crippen LogP contribution is 2.20. The van der Waals surface area contributed by atoms with Crippen molar-refractivity contribution in [3.05, 3.63) is 65.5 Å². The van der Waals surface area contributed by atoms with E-state index >= 15 is 0 Å². The van der Waals surface area contributed by atoms with Crippen LogP contribution in [0.15, 0.2) is 48.5 Å². The van der Waals surface area contributed by atoms with Gasteiger partial charge in [-0.05, 0) is 49.6 Å². The van der Waals surface area contributed by atoms with Gasteiger partial charge < -0.3 is 15.4 Å². The molecule has 2 atom stereocenters. The van der Waals surface area contributed by atoms with Crippen molar-refractivity contribution >= 4 is 11.7 Å². The lowest BCUT2D eigenvalue weighted by Gasteiger charge is -2.35. The summed E-state index contributed by atoms with van der Waals surface area (Å²) in [5.41, 5.74) is 2.88. The second-order valence-corrected chi connectivity index (χ2v) is 7.37. The molecular weight excluding hydrogens is 357 g/mol. The first kappa shape index (κ1) is 20.3. The quantitative estimate of drug-likeness (QED) is 0.795. The van der Waals surface area contributed by atoms with E-state index in [4.69, 9.17) is 4.74 Å². The van der Waals surface area contributed by atoms with Crippen molar-refractivity contribution in [2.24, 2.45) is 0 Å². The minimum atomic E-state index is -0.255. The number of ether oxygens (including phenoxy) is 1. The third-order valence-corrected chi connectivity index (χ3v) is 4.77. The number of nitrogens with one attached hydrogen (secondary N) is 2. The maximum Gasteiger partial charge on any atom is 0.319 e. The second-order valence-electron chi connectivity index (χ2n) is 7.37. The molecule has 1 aliphatic rings. The Morgan fingerprint density at radius 3 is 2.50 bits per heavy atom. The minimum Gasteiger partial charge on any atom is -0.373 e. The number of para-hydroxylation sites is 1. The normalized spacial score (nSPS) is 20.0. The Labute approximate surface area is 165 Å². The lowest BCUT2D eigenvalue weighted by molar-refractivity contribution is -0.0704. The maximum absolute atomic E-state index is 12.9. The van der Waals surface area contributed by atoms with Crippen molar-refractivity contribution in [3.8, 4) is 0 Å². The summed E-state index contributed by atoms with van der Waals surface area (Å²) in [5.74, 6) is -0.255.